The van der Waals surface area contributed by atoms with Crippen molar-refractivity contribution in [2.45, 2.75) is 0 Å². The molecule has 0 radical (unpaired) electrons. The number of ether oxygens (including phenoxy) is 3. The Morgan fingerprint density at radius 3 is 1.74 bits per heavy atom. The van der Waals surface area contributed by atoms with Crippen LogP contribution in [0.3, 0.4) is 0 Å². The smallest absolute Gasteiger partial charge is 0.338 e. The van der Waals surface area contributed by atoms with E-state index < -0.39 is 24.5 Å². The number of carboxylic acids is 1. The lowest BCUT2D eigenvalue weighted by Gasteiger charge is -2.12. The lowest BCUT2D eigenvalue weighted by molar-refractivity contribution is -0.119. The number of benzene rings is 4. The van der Waals surface area contributed by atoms with Gasteiger partial charge in [-0.2, -0.15) is 0 Å². The van der Waals surface area contributed by atoms with Crippen molar-refractivity contribution in [1.82, 2.24) is 9.97 Å². The molecule has 0 fully saturated rings. The molecule has 0 aliphatic heterocycles. The monoisotopic (exact) mass is 563 g/mol. The minimum absolute atomic E-state index is 0.0881. The number of carbonyl (C=O) groups excluding carboxylic acids is 2. The molecule has 5 rings (SSSR count). The van der Waals surface area contributed by atoms with Gasteiger partial charge in [-0.15, -0.1) is 0 Å². The van der Waals surface area contributed by atoms with Crippen molar-refractivity contribution in [3.8, 4) is 34.0 Å². The number of nitrogens with zero attached hydrogens (tertiary/aromatic N) is 2. The molecule has 0 unspecified atom stereocenters. The van der Waals surface area contributed by atoms with E-state index in [1.54, 1.807) is 32.4 Å². The summed E-state index contributed by atoms with van der Waals surface area (Å²) < 4.78 is 15.8. The molecule has 0 aliphatic rings. The molecular formula is C32H25N3O7. The van der Waals surface area contributed by atoms with E-state index in [2.05, 4.69) is 5.32 Å². The van der Waals surface area contributed by atoms with Gasteiger partial charge >= 0.3 is 11.9 Å². The number of methoxy groups -OCH3 is 2. The third kappa shape index (κ3) is 6.18. The Kier molecular flexibility index (Phi) is 8.05. The molecule has 0 saturated carbocycles. The number of amides is 1. The van der Waals surface area contributed by atoms with Gasteiger partial charge in [0, 0.05) is 16.8 Å². The topological polar surface area (TPSA) is 137 Å². The Balaban J connectivity index is 1.39. The van der Waals surface area contributed by atoms with E-state index in [-0.39, 0.29) is 11.1 Å². The van der Waals surface area contributed by atoms with Crippen LogP contribution in [0.5, 0.6) is 11.5 Å². The molecule has 2 N–H and O–H groups in total. The highest BCUT2D eigenvalue weighted by atomic mass is 16.5. The van der Waals surface area contributed by atoms with Crippen LogP contribution in [0, 0.1) is 0 Å². The first-order chi connectivity index (χ1) is 20.3. The van der Waals surface area contributed by atoms with Crippen LogP contribution in [0.15, 0.2) is 91.0 Å². The number of hydrogen-bond donors (Lipinski definition) is 2. The second-order valence-electron chi connectivity index (χ2n) is 9.09. The minimum Gasteiger partial charge on any atom is -0.497 e. The number of anilines is 1. The molecule has 10 nitrogen and oxygen atoms in total. The molecular weight excluding hydrogens is 538 g/mol. The Morgan fingerprint density at radius 1 is 0.690 bits per heavy atom. The summed E-state index contributed by atoms with van der Waals surface area (Å²) in [5, 5.41) is 11.6. The van der Waals surface area contributed by atoms with Gasteiger partial charge < -0.3 is 24.6 Å². The van der Waals surface area contributed by atoms with E-state index >= 15 is 0 Å². The van der Waals surface area contributed by atoms with E-state index in [1.165, 1.54) is 24.3 Å². The largest absolute Gasteiger partial charge is 0.497 e. The van der Waals surface area contributed by atoms with Gasteiger partial charge in [0.25, 0.3) is 5.91 Å². The summed E-state index contributed by atoms with van der Waals surface area (Å²) >= 11 is 0. The quantitative estimate of drug-likeness (QED) is 0.224. The average Bonchev–Trinajstić information content (AvgIpc) is 3.03. The van der Waals surface area contributed by atoms with Gasteiger partial charge in [-0.1, -0.05) is 0 Å². The third-order valence-electron chi connectivity index (χ3n) is 6.38. The van der Waals surface area contributed by atoms with Gasteiger partial charge in [-0.05, 0) is 91.0 Å². The maximum Gasteiger partial charge on any atom is 0.338 e. The Hall–Kier alpha value is -5.77. The number of hydrogen-bond acceptors (Lipinski definition) is 8. The highest BCUT2D eigenvalue weighted by molar-refractivity contribution is 5.98. The summed E-state index contributed by atoms with van der Waals surface area (Å²) in [6.07, 6.45) is 0. The van der Waals surface area contributed by atoms with Crippen molar-refractivity contribution in [2.75, 3.05) is 26.1 Å². The molecule has 0 atom stereocenters. The summed E-state index contributed by atoms with van der Waals surface area (Å²) in [6, 6.07) is 25.4. The maximum atomic E-state index is 12.8. The van der Waals surface area contributed by atoms with Crippen LogP contribution < -0.4 is 14.8 Å². The van der Waals surface area contributed by atoms with E-state index in [1.807, 2.05) is 48.5 Å². The molecule has 5 aromatic rings. The maximum absolute atomic E-state index is 12.8. The average molecular weight is 564 g/mol. The van der Waals surface area contributed by atoms with Gasteiger partial charge in [0.2, 0.25) is 0 Å². The predicted octanol–water partition coefficient (Wildman–Crippen LogP) is 5.47. The molecule has 210 valence electrons. The summed E-state index contributed by atoms with van der Waals surface area (Å²) in [6.45, 7) is -0.531. The van der Waals surface area contributed by atoms with E-state index in [0.29, 0.717) is 39.6 Å². The standard InChI is InChI=1S/C32H25N3O7/c1-40-24-12-5-19(6-13-24)29-30(20-7-14-25(41-2)15-8-20)35-27-17-22(9-16-26(27)34-29)32(39)42-18-28(36)33-23-10-3-21(4-11-23)31(37)38/h3-17H,18H2,1-2H3,(H,33,36)(H,37,38). The minimum atomic E-state index is -1.07. The van der Waals surface area contributed by atoms with Gasteiger partial charge in [0.1, 0.15) is 11.5 Å². The van der Waals surface area contributed by atoms with Crippen LogP contribution in [-0.4, -0.2) is 53.7 Å². The van der Waals surface area contributed by atoms with Crippen LogP contribution in [0.25, 0.3) is 33.5 Å². The third-order valence-corrected chi connectivity index (χ3v) is 6.38. The Labute approximate surface area is 240 Å². The number of aromatic nitrogens is 2. The lowest BCUT2D eigenvalue weighted by atomic mass is 10.0. The summed E-state index contributed by atoms with van der Waals surface area (Å²) in [7, 11) is 3.20. The zero-order chi connectivity index (χ0) is 29.6. The van der Waals surface area contributed by atoms with Crippen molar-refractivity contribution < 1.29 is 33.7 Å². The van der Waals surface area contributed by atoms with Crippen LogP contribution in [0.4, 0.5) is 5.69 Å². The first-order valence-corrected chi connectivity index (χ1v) is 12.8. The van der Waals surface area contributed by atoms with Gasteiger partial charge in [0.05, 0.1) is 47.8 Å². The lowest BCUT2D eigenvalue weighted by Crippen LogP contribution is -2.21. The van der Waals surface area contributed by atoms with Crippen LogP contribution >= 0.6 is 0 Å². The van der Waals surface area contributed by atoms with Crippen molar-refractivity contribution in [3.63, 3.8) is 0 Å². The van der Waals surface area contributed by atoms with E-state index in [9.17, 15) is 14.4 Å². The second kappa shape index (κ2) is 12.2. The fraction of sp³-hybridized carbons (Fsp3) is 0.0938. The number of nitrogens with one attached hydrogen (secondary N) is 1. The zero-order valence-electron chi connectivity index (χ0n) is 22.7. The van der Waals surface area contributed by atoms with Crippen LogP contribution in [-0.2, 0) is 9.53 Å². The number of esters is 1. The Morgan fingerprint density at radius 2 is 1.21 bits per heavy atom. The summed E-state index contributed by atoms with van der Waals surface area (Å²) in [4.78, 5) is 45.8. The number of carboxylic acid groups (broad SMARTS) is 1. The highest BCUT2D eigenvalue weighted by Gasteiger charge is 2.17. The number of aromatic carboxylic acids is 1. The molecule has 0 bridgehead atoms. The number of rotatable bonds is 9. The predicted molar refractivity (Wildman–Crippen MR) is 156 cm³/mol. The van der Waals surface area contributed by atoms with Gasteiger partial charge in [0.15, 0.2) is 6.61 Å². The summed E-state index contributed by atoms with van der Waals surface area (Å²) in [5.41, 5.74) is 4.60. The molecule has 0 saturated heterocycles. The van der Waals surface area contributed by atoms with Crippen molar-refractivity contribution in [2.24, 2.45) is 0 Å². The molecule has 4 aromatic carbocycles. The first kappa shape index (κ1) is 27.8. The molecule has 0 aliphatic carbocycles. The molecule has 1 heterocycles. The van der Waals surface area contributed by atoms with Crippen LogP contribution in [0.1, 0.15) is 20.7 Å². The van der Waals surface area contributed by atoms with Crippen molar-refractivity contribution in [3.05, 3.63) is 102 Å². The SMILES string of the molecule is COc1ccc(-c2nc3ccc(C(=O)OCC(=O)Nc4ccc(C(=O)O)cc4)cc3nc2-c2ccc(OC)cc2)cc1. The normalized spacial score (nSPS) is 10.6. The Bertz CT molecular complexity index is 1770. The van der Waals surface area contributed by atoms with Crippen molar-refractivity contribution >= 4 is 34.6 Å². The van der Waals surface area contributed by atoms with E-state index in [4.69, 9.17) is 29.3 Å². The summed E-state index contributed by atoms with van der Waals surface area (Å²) in [5.74, 6) is -0.940. The fourth-order valence-electron chi connectivity index (χ4n) is 4.19. The molecule has 1 aromatic heterocycles. The molecule has 42 heavy (non-hydrogen) atoms. The molecule has 0 spiro atoms. The molecule has 10 heteroatoms. The second-order valence-corrected chi connectivity index (χ2v) is 9.09. The number of fused-ring (bicyclic) bond motifs is 1. The van der Waals surface area contributed by atoms with Gasteiger partial charge in [-0.25, -0.2) is 19.6 Å². The zero-order valence-corrected chi connectivity index (χ0v) is 22.7. The first-order valence-electron chi connectivity index (χ1n) is 12.8. The highest BCUT2D eigenvalue weighted by Crippen LogP contribution is 2.33. The molecule has 1 amide bonds. The van der Waals surface area contributed by atoms with Crippen molar-refractivity contribution in [1.29, 1.82) is 0 Å². The van der Waals surface area contributed by atoms with Gasteiger partial charge in [-0.3, -0.25) is 4.79 Å². The fourth-order valence-corrected chi connectivity index (χ4v) is 4.19. The van der Waals surface area contributed by atoms with Crippen LogP contribution in [0.2, 0.25) is 0 Å². The van der Waals surface area contributed by atoms with E-state index in [0.717, 1.165) is 11.1 Å². The number of carbonyl (C=O) groups is 3.